The summed E-state index contributed by atoms with van der Waals surface area (Å²) in [5.74, 6) is 0.216. The maximum Gasteiger partial charge on any atom is 0.137 e. The van der Waals surface area contributed by atoms with Gasteiger partial charge in [-0.2, -0.15) is 0 Å². The Labute approximate surface area is 129 Å². The first-order valence-corrected chi connectivity index (χ1v) is 7.93. The molecular formula is C16H21FN2OS. The Morgan fingerprint density at radius 2 is 2.19 bits per heavy atom. The lowest BCUT2D eigenvalue weighted by molar-refractivity contribution is 0.413. The number of benzene rings is 1. The van der Waals surface area contributed by atoms with Crippen LogP contribution in [0.5, 0.6) is 5.75 Å². The van der Waals surface area contributed by atoms with Crippen LogP contribution in [0.2, 0.25) is 0 Å². The summed E-state index contributed by atoms with van der Waals surface area (Å²) in [6, 6.07) is 5.06. The van der Waals surface area contributed by atoms with Gasteiger partial charge in [-0.15, -0.1) is 11.3 Å². The molecular weight excluding hydrogens is 287 g/mol. The van der Waals surface area contributed by atoms with Gasteiger partial charge in [0, 0.05) is 10.9 Å². The zero-order valence-corrected chi connectivity index (χ0v) is 13.7. The van der Waals surface area contributed by atoms with Crippen molar-refractivity contribution in [1.82, 2.24) is 10.3 Å². The number of nitrogens with zero attached hydrogens (tertiary/aromatic N) is 1. The van der Waals surface area contributed by atoms with Crippen LogP contribution in [0, 0.1) is 12.7 Å². The molecule has 0 amide bonds. The van der Waals surface area contributed by atoms with Crippen molar-refractivity contribution in [3.8, 4) is 16.3 Å². The van der Waals surface area contributed by atoms with Gasteiger partial charge >= 0.3 is 0 Å². The fourth-order valence-corrected chi connectivity index (χ4v) is 3.40. The van der Waals surface area contributed by atoms with Gasteiger partial charge in [0.25, 0.3) is 0 Å². The summed E-state index contributed by atoms with van der Waals surface area (Å²) in [5.41, 5.74) is 1.39. The Kier molecular flexibility index (Phi) is 5.31. The van der Waals surface area contributed by atoms with Gasteiger partial charge in [0.1, 0.15) is 16.6 Å². The average Bonchev–Trinajstić information content (AvgIpc) is 2.85. The van der Waals surface area contributed by atoms with Crippen molar-refractivity contribution >= 4 is 11.3 Å². The van der Waals surface area contributed by atoms with Crippen molar-refractivity contribution in [1.29, 1.82) is 0 Å². The summed E-state index contributed by atoms with van der Waals surface area (Å²) < 4.78 is 19.4. The molecule has 1 heterocycles. The van der Waals surface area contributed by atoms with Gasteiger partial charge in [-0.25, -0.2) is 9.37 Å². The van der Waals surface area contributed by atoms with Crippen LogP contribution < -0.4 is 10.1 Å². The van der Waals surface area contributed by atoms with Crippen LogP contribution in [-0.4, -0.2) is 18.6 Å². The Balaban J connectivity index is 2.39. The summed E-state index contributed by atoms with van der Waals surface area (Å²) in [6.07, 6.45) is 1.08. The van der Waals surface area contributed by atoms with E-state index in [-0.39, 0.29) is 11.9 Å². The van der Waals surface area contributed by atoms with Gasteiger partial charge in [-0.3, -0.25) is 0 Å². The van der Waals surface area contributed by atoms with Crippen molar-refractivity contribution in [3.05, 3.63) is 34.6 Å². The molecule has 0 fully saturated rings. The number of hydrogen-bond acceptors (Lipinski definition) is 4. The highest BCUT2D eigenvalue weighted by Crippen LogP contribution is 2.38. The quantitative estimate of drug-likeness (QED) is 0.862. The van der Waals surface area contributed by atoms with E-state index in [1.54, 1.807) is 19.2 Å². The summed E-state index contributed by atoms with van der Waals surface area (Å²) in [7, 11) is 1.55. The van der Waals surface area contributed by atoms with E-state index in [0.29, 0.717) is 16.3 Å². The smallest absolute Gasteiger partial charge is 0.137 e. The van der Waals surface area contributed by atoms with E-state index < -0.39 is 0 Å². The number of nitrogens with one attached hydrogen (secondary N) is 1. The van der Waals surface area contributed by atoms with Crippen molar-refractivity contribution in [2.45, 2.75) is 33.2 Å². The molecule has 3 nitrogen and oxygen atoms in total. The molecule has 5 heteroatoms. The Morgan fingerprint density at radius 1 is 1.43 bits per heavy atom. The lowest BCUT2D eigenvalue weighted by Crippen LogP contribution is -2.18. The molecule has 0 radical (unpaired) electrons. The number of rotatable bonds is 6. The average molecular weight is 308 g/mol. The number of hydrogen-bond donors (Lipinski definition) is 1. The lowest BCUT2D eigenvalue weighted by Gasteiger charge is -2.11. The Bertz CT molecular complexity index is 612. The van der Waals surface area contributed by atoms with Crippen molar-refractivity contribution < 1.29 is 9.13 Å². The number of aromatic nitrogens is 1. The molecule has 0 aliphatic carbocycles. The first kappa shape index (κ1) is 15.9. The normalized spacial score (nSPS) is 12.4. The molecule has 1 aromatic heterocycles. The molecule has 114 valence electrons. The second-order valence-corrected chi connectivity index (χ2v) is 5.99. The molecule has 0 aliphatic heterocycles. The second kappa shape index (κ2) is 7.00. The van der Waals surface area contributed by atoms with Gasteiger partial charge in [0.15, 0.2) is 0 Å². The zero-order valence-electron chi connectivity index (χ0n) is 12.9. The van der Waals surface area contributed by atoms with E-state index in [0.717, 1.165) is 23.5 Å². The topological polar surface area (TPSA) is 34.1 Å². The first-order valence-electron chi connectivity index (χ1n) is 7.12. The van der Waals surface area contributed by atoms with Crippen LogP contribution in [0.25, 0.3) is 10.6 Å². The molecule has 21 heavy (non-hydrogen) atoms. The van der Waals surface area contributed by atoms with Gasteiger partial charge in [-0.05, 0) is 38.9 Å². The third kappa shape index (κ3) is 3.41. The Morgan fingerprint density at radius 3 is 2.86 bits per heavy atom. The van der Waals surface area contributed by atoms with Crippen LogP contribution in [0.15, 0.2) is 18.2 Å². The molecule has 0 bridgehead atoms. The van der Waals surface area contributed by atoms with Crippen LogP contribution in [0.3, 0.4) is 0 Å². The van der Waals surface area contributed by atoms with E-state index in [9.17, 15) is 4.39 Å². The van der Waals surface area contributed by atoms with Crippen molar-refractivity contribution in [2.75, 3.05) is 13.7 Å². The molecule has 0 saturated heterocycles. The molecule has 0 aliphatic rings. The fraction of sp³-hybridized carbons (Fsp3) is 0.438. The highest BCUT2D eigenvalue weighted by molar-refractivity contribution is 7.15. The van der Waals surface area contributed by atoms with Gasteiger partial charge in [-0.1, -0.05) is 13.0 Å². The van der Waals surface area contributed by atoms with Gasteiger partial charge in [0.05, 0.1) is 18.4 Å². The third-order valence-corrected chi connectivity index (χ3v) is 4.69. The predicted molar refractivity (Wildman–Crippen MR) is 85.5 cm³/mol. The minimum atomic E-state index is -0.302. The van der Waals surface area contributed by atoms with Crippen LogP contribution >= 0.6 is 11.3 Å². The van der Waals surface area contributed by atoms with Crippen molar-refractivity contribution in [3.63, 3.8) is 0 Å². The number of methoxy groups -OCH3 is 1. The standard InChI is InChI=1S/C16H21FN2OS/c1-5-9-18-10(2)15-11(3)19-16(21-15)14-12(17)7-6-8-13(14)20-4/h6-8,10,18H,5,9H2,1-4H3. The molecule has 1 atom stereocenters. The molecule has 2 rings (SSSR count). The summed E-state index contributed by atoms with van der Waals surface area (Å²) >= 11 is 1.52. The summed E-state index contributed by atoms with van der Waals surface area (Å²) in [4.78, 5) is 5.68. The lowest BCUT2D eigenvalue weighted by atomic mass is 10.2. The monoisotopic (exact) mass is 308 g/mol. The SMILES string of the molecule is CCCNC(C)c1sc(-c2c(F)cccc2OC)nc1C. The number of halogens is 1. The first-order chi connectivity index (χ1) is 10.1. The molecule has 1 unspecified atom stereocenters. The Hall–Kier alpha value is -1.46. The minimum absolute atomic E-state index is 0.217. The number of ether oxygens (including phenoxy) is 1. The molecule has 0 saturated carbocycles. The maximum absolute atomic E-state index is 14.1. The van der Waals surface area contributed by atoms with Gasteiger partial charge in [0.2, 0.25) is 0 Å². The van der Waals surface area contributed by atoms with E-state index in [2.05, 4.69) is 24.1 Å². The number of thiazole rings is 1. The maximum atomic E-state index is 14.1. The van der Waals surface area contributed by atoms with Gasteiger partial charge < -0.3 is 10.1 Å². The third-order valence-electron chi connectivity index (χ3n) is 3.34. The van der Waals surface area contributed by atoms with Crippen LogP contribution in [0.1, 0.15) is 36.9 Å². The largest absolute Gasteiger partial charge is 0.496 e. The van der Waals surface area contributed by atoms with Crippen LogP contribution in [-0.2, 0) is 0 Å². The summed E-state index contributed by atoms with van der Waals surface area (Å²) in [6.45, 7) is 7.16. The van der Waals surface area contributed by atoms with E-state index in [1.165, 1.54) is 17.4 Å². The molecule has 1 N–H and O–H groups in total. The zero-order chi connectivity index (χ0) is 15.4. The van der Waals surface area contributed by atoms with Crippen LogP contribution in [0.4, 0.5) is 4.39 Å². The minimum Gasteiger partial charge on any atom is -0.496 e. The molecule has 2 aromatic rings. The highest BCUT2D eigenvalue weighted by Gasteiger charge is 2.19. The highest BCUT2D eigenvalue weighted by atomic mass is 32.1. The molecule has 1 aromatic carbocycles. The summed E-state index contributed by atoms with van der Waals surface area (Å²) in [5, 5.41) is 4.11. The predicted octanol–water partition coefficient (Wildman–Crippen LogP) is 4.33. The van der Waals surface area contributed by atoms with Crippen molar-refractivity contribution in [2.24, 2.45) is 0 Å². The molecule has 0 spiro atoms. The fourth-order valence-electron chi connectivity index (χ4n) is 2.25. The van der Waals surface area contributed by atoms with E-state index in [1.807, 2.05) is 6.92 Å². The van der Waals surface area contributed by atoms with E-state index >= 15 is 0 Å². The number of aryl methyl sites for hydroxylation is 1. The second-order valence-electron chi connectivity index (χ2n) is 4.96. The van der Waals surface area contributed by atoms with E-state index in [4.69, 9.17) is 4.74 Å².